The third-order valence-electron chi connectivity index (χ3n) is 1.36. The number of benzene rings is 1. The van der Waals surface area contributed by atoms with Crippen molar-refractivity contribution in [2.45, 2.75) is 0 Å². The average Bonchev–Trinajstić information content (AvgIpc) is 2.09. The molecule has 3 nitrogen and oxygen atoms in total. The van der Waals surface area contributed by atoms with Crippen molar-refractivity contribution in [3.05, 3.63) is 23.2 Å². The highest BCUT2D eigenvalue weighted by molar-refractivity contribution is 6.33. The molecule has 0 aliphatic carbocycles. The zero-order valence-corrected chi connectivity index (χ0v) is 7.34. The number of rotatable bonds is 3. The van der Waals surface area contributed by atoms with Crippen molar-refractivity contribution in [3.63, 3.8) is 0 Å². The molecule has 0 bridgehead atoms. The van der Waals surface area contributed by atoms with Crippen LogP contribution in [0.15, 0.2) is 18.2 Å². The third kappa shape index (κ3) is 1.84. The fourth-order valence-electron chi connectivity index (χ4n) is 0.854. The first-order valence-electron chi connectivity index (χ1n) is 3.35. The van der Waals surface area contributed by atoms with Gasteiger partial charge in [0.2, 0.25) is 0 Å². The van der Waals surface area contributed by atoms with Gasteiger partial charge >= 0.3 is 7.69 Å². The summed E-state index contributed by atoms with van der Waals surface area (Å²) in [5, 5.41) is 8.95. The molecule has 64 valence electrons. The van der Waals surface area contributed by atoms with Crippen LogP contribution in [0.2, 0.25) is 5.02 Å². The zero-order chi connectivity index (χ0) is 8.97. The van der Waals surface area contributed by atoms with E-state index in [-0.39, 0.29) is 0 Å². The normalized spacial score (nSPS) is 9.25. The van der Waals surface area contributed by atoms with Crippen molar-refractivity contribution in [1.29, 1.82) is 0 Å². The van der Waals surface area contributed by atoms with Gasteiger partial charge in [0.1, 0.15) is 0 Å². The van der Waals surface area contributed by atoms with E-state index in [2.05, 4.69) is 0 Å². The minimum Gasteiger partial charge on any atom is -0.535 e. The fraction of sp³-hybridized carbons (Fsp3) is 0.143. The van der Waals surface area contributed by atoms with Gasteiger partial charge in [-0.15, -0.1) is 0 Å². The van der Waals surface area contributed by atoms with Crippen LogP contribution < -0.4 is 9.39 Å². The van der Waals surface area contributed by atoms with Crippen LogP contribution in [0.1, 0.15) is 0 Å². The van der Waals surface area contributed by atoms with Crippen LogP contribution in [-0.2, 0) is 0 Å². The second-order valence-corrected chi connectivity index (χ2v) is 2.45. The molecule has 1 aromatic carbocycles. The second-order valence-electron chi connectivity index (χ2n) is 2.04. The monoisotopic (exact) mass is 186 g/mol. The van der Waals surface area contributed by atoms with E-state index in [9.17, 15) is 0 Å². The Balaban J connectivity index is 3.02. The minimum atomic E-state index is -0.417. The highest BCUT2D eigenvalue weighted by Crippen LogP contribution is 2.33. The van der Waals surface area contributed by atoms with E-state index in [0.29, 0.717) is 16.5 Å². The van der Waals surface area contributed by atoms with Crippen LogP contribution in [0, 0.1) is 0 Å². The molecule has 1 rings (SSSR count). The molecule has 0 heterocycles. The maximum absolute atomic E-state index is 8.53. The summed E-state index contributed by atoms with van der Waals surface area (Å²) in [4.78, 5) is 0. The Morgan fingerprint density at radius 1 is 1.50 bits per heavy atom. The largest absolute Gasteiger partial charge is 0.535 e. The molecule has 0 unspecified atom stereocenters. The lowest BCUT2D eigenvalue weighted by Crippen LogP contribution is -2.02. The van der Waals surface area contributed by atoms with Gasteiger partial charge in [0.05, 0.1) is 12.1 Å². The van der Waals surface area contributed by atoms with Crippen molar-refractivity contribution in [3.8, 4) is 11.5 Å². The molecule has 0 radical (unpaired) electrons. The maximum atomic E-state index is 8.53. The molecule has 12 heavy (non-hydrogen) atoms. The number of ether oxygens (including phenoxy) is 1. The molecule has 0 spiro atoms. The molecule has 1 N–H and O–H groups in total. The topological polar surface area (TPSA) is 38.7 Å². The van der Waals surface area contributed by atoms with E-state index in [0.717, 1.165) is 0 Å². The predicted octanol–water partition coefficient (Wildman–Crippen LogP) is 0.986. The van der Waals surface area contributed by atoms with Gasteiger partial charge in [-0.3, -0.25) is 0 Å². The molecular formula is C7H8BClO3. The van der Waals surface area contributed by atoms with Crippen LogP contribution in [0.5, 0.6) is 11.5 Å². The lowest BCUT2D eigenvalue weighted by atomic mass is 10.3. The molecule has 0 aromatic heterocycles. The minimum absolute atomic E-state index is 0.365. The standard InChI is InChI=1S/C7H8BClO3/c1-11-6-4-2-3-5(9)7(6)12-8-10/h2-4,8,10H,1H3. The summed E-state index contributed by atoms with van der Waals surface area (Å²) in [6.45, 7) is 0. The van der Waals surface area contributed by atoms with Gasteiger partial charge in [-0.2, -0.15) is 0 Å². The summed E-state index contributed by atoms with van der Waals surface area (Å²) < 4.78 is 9.82. The number of halogens is 1. The Labute approximate surface area is 76.2 Å². The van der Waals surface area contributed by atoms with Gasteiger partial charge < -0.3 is 14.4 Å². The highest BCUT2D eigenvalue weighted by Gasteiger charge is 2.07. The zero-order valence-electron chi connectivity index (χ0n) is 6.58. The molecule has 5 heteroatoms. The number of hydrogen-bond acceptors (Lipinski definition) is 3. The van der Waals surface area contributed by atoms with Crippen LogP contribution in [-0.4, -0.2) is 19.8 Å². The summed E-state index contributed by atoms with van der Waals surface area (Å²) >= 11 is 5.77. The lowest BCUT2D eigenvalue weighted by Gasteiger charge is -2.09. The van der Waals surface area contributed by atoms with E-state index in [1.54, 1.807) is 18.2 Å². The van der Waals surface area contributed by atoms with Crippen molar-refractivity contribution in [2.75, 3.05) is 7.11 Å². The van der Waals surface area contributed by atoms with Gasteiger partial charge in [0, 0.05) is 0 Å². The molecule has 1 aromatic rings. The smallest absolute Gasteiger partial charge is 0.504 e. The average molecular weight is 186 g/mol. The van der Waals surface area contributed by atoms with E-state index >= 15 is 0 Å². The summed E-state index contributed by atoms with van der Waals surface area (Å²) in [5.74, 6) is 0.876. The summed E-state index contributed by atoms with van der Waals surface area (Å²) in [6, 6.07) is 5.11. The quantitative estimate of drug-likeness (QED) is 0.716. The Morgan fingerprint density at radius 2 is 2.25 bits per heavy atom. The molecular weight excluding hydrogens is 178 g/mol. The first-order chi connectivity index (χ1) is 5.79. The third-order valence-corrected chi connectivity index (χ3v) is 1.66. The van der Waals surface area contributed by atoms with Crippen molar-refractivity contribution in [1.82, 2.24) is 0 Å². The Morgan fingerprint density at radius 3 is 2.83 bits per heavy atom. The van der Waals surface area contributed by atoms with E-state index in [4.69, 9.17) is 26.0 Å². The van der Waals surface area contributed by atoms with Crippen LogP contribution in [0.3, 0.4) is 0 Å². The molecule has 0 aliphatic heterocycles. The predicted molar refractivity (Wildman–Crippen MR) is 48.0 cm³/mol. The van der Waals surface area contributed by atoms with Crippen LogP contribution in [0.25, 0.3) is 0 Å². The number of hydrogen-bond donors (Lipinski definition) is 1. The van der Waals surface area contributed by atoms with Gasteiger partial charge in [0.15, 0.2) is 11.5 Å². The maximum Gasteiger partial charge on any atom is 0.504 e. The van der Waals surface area contributed by atoms with Gasteiger partial charge in [-0.25, -0.2) is 0 Å². The van der Waals surface area contributed by atoms with E-state index < -0.39 is 7.69 Å². The number of para-hydroxylation sites is 1. The summed E-state index contributed by atoms with van der Waals surface area (Å²) in [6.07, 6.45) is 0. The lowest BCUT2D eigenvalue weighted by molar-refractivity contribution is 0.382. The van der Waals surface area contributed by atoms with E-state index in [1.807, 2.05) is 0 Å². The van der Waals surface area contributed by atoms with Crippen LogP contribution >= 0.6 is 11.6 Å². The fourth-order valence-corrected chi connectivity index (χ4v) is 1.07. The van der Waals surface area contributed by atoms with Crippen molar-refractivity contribution < 1.29 is 14.4 Å². The van der Waals surface area contributed by atoms with Gasteiger partial charge in [0.25, 0.3) is 0 Å². The molecule has 0 atom stereocenters. The van der Waals surface area contributed by atoms with Gasteiger partial charge in [-0.05, 0) is 12.1 Å². The van der Waals surface area contributed by atoms with Gasteiger partial charge in [-0.1, -0.05) is 17.7 Å². The van der Waals surface area contributed by atoms with Crippen molar-refractivity contribution >= 4 is 19.3 Å². The Bertz CT molecular complexity index is 267. The SMILES string of the molecule is COc1cccc(Cl)c1OBO. The first kappa shape index (κ1) is 9.22. The van der Waals surface area contributed by atoms with Crippen LogP contribution in [0.4, 0.5) is 0 Å². The Hall–Kier alpha value is -0.865. The second kappa shape index (κ2) is 4.23. The molecule has 0 amide bonds. The molecule has 0 saturated heterocycles. The molecule has 0 saturated carbocycles. The summed E-state index contributed by atoms with van der Waals surface area (Å²) in [5.41, 5.74) is 0. The number of methoxy groups -OCH3 is 1. The van der Waals surface area contributed by atoms with Crippen molar-refractivity contribution in [2.24, 2.45) is 0 Å². The summed E-state index contributed by atoms with van der Waals surface area (Å²) in [7, 11) is 1.09. The molecule has 0 fully saturated rings. The molecule has 0 aliphatic rings. The Kier molecular flexibility index (Phi) is 3.25. The highest BCUT2D eigenvalue weighted by atomic mass is 35.5. The first-order valence-corrected chi connectivity index (χ1v) is 3.73. The van der Waals surface area contributed by atoms with E-state index in [1.165, 1.54) is 7.11 Å².